The van der Waals surface area contributed by atoms with Gasteiger partial charge in [0.25, 0.3) is 0 Å². The minimum atomic E-state index is -1.43. The molecule has 0 amide bonds. The third kappa shape index (κ3) is 3.91. The summed E-state index contributed by atoms with van der Waals surface area (Å²) in [6.07, 6.45) is 5.73. The van der Waals surface area contributed by atoms with Crippen LogP contribution in [-0.2, 0) is 0 Å². The van der Waals surface area contributed by atoms with Crippen molar-refractivity contribution in [2.75, 3.05) is 0 Å². The summed E-state index contributed by atoms with van der Waals surface area (Å²) in [5.41, 5.74) is 9.37. The summed E-state index contributed by atoms with van der Waals surface area (Å²) in [6.45, 7) is 2.15. The Morgan fingerprint density at radius 3 is 2.17 bits per heavy atom. The van der Waals surface area contributed by atoms with Crippen LogP contribution >= 0.6 is 0 Å². The third-order valence-electron chi connectivity index (χ3n) is 6.54. The zero-order valence-corrected chi connectivity index (χ0v) is 16.6. The van der Waals surface area contributed by atoms with Gasteiger partial charge in [-0.05, 0) is 78.1 Å². The van der Waals surface area contributed by atoms with Crippen molar-refractivity contribution in [3.8, 4) is 11.1 Å². The fourth-order valence-corrected chi connectivity index (χ4v) is 4.65. The van der Waals surface area contributed by atoms with Crippen molar-refractivity contribution < 1.29 is 13.2 Å². The van der Waals surface area contributed by atoms with E-state index in [-0.39, 0.29) is 5.39 Å². The van der Waals surface area contributed by atoms with Gasteiger partial charge in [0, 0.05) is 11.4 Å². The lowest BCUT2D eigenvalue weighted by atomic mass is 9.75. The van der Waals surface area contributed by atoms with E-state index in [2.05, 4.69) is 31.2 Å². The minimum Gasteiger partial charge on any atom is -0.327 e. The molecule has 29 heavy (non-hydrogen) atoms. The van der Waals surface area contributed by atoms with Crippen molar-refractivity contribution in [1.29, 1.82) is 0 Å². The van der Waals surface area contributed by atoms with Gasteiger partial charge in [0.15, 0.2) is 17.5 Å². The van der Waals surface area contributed by atoms with Crippen LogP contribution in [0.15, 0.2) is 48.5 Å². The molecule has 152 valence electrons. The second-order valence-electron chi connectivity index (χ2n) is 8.23. The van der Waals surface area contributed by atoms with Crippen molar-refractivity contribution in [1.82, 2.24) is 0 Å². The summed E-state index contributed by atoms with van der Waals surface area (Å²) < 4.78 is 40.9. The molecule has 0 radical (unpaired) electrons. The molecule has 0 aromatic heterocycles. The van der Waals surface area contributed by atoms with Crippen LogP contribution in [0.25, 0.3) is 21.9 Å². The van der Waals surface area contributed by atoms with Crippen LogP contribution in [0.3, 0.4) is 0 Å². The van der Waals surface area contributed by atoms with E-state index in [0.29, 0.717) is 23.3 Å². The Hall–Kier alpha value is -2.33. The number of benzene rings is 3. The normalized spacial score (nSPS) is 20.7. The maximum Gasteiger partial charge on any atom is 0.195 e. The van der Waals surface area contributed by atoms with Crippen molar-refractivity contribution in [3.63, 3.8) is 0 Å². The zero-order valence-electron chi connectivity index (χ0n) is 16.6. The smallest absolute Gasteiger partial charge is 0.195 e. The van der Waals surface area contributed by atoms with Crippen LogP contribution in [-0.4, -0.2) is 6.04 Å². The van der Waals surface area contributed by atoms with Crippen LogP contribution in [0.4, 0.5) is 13.2 Å². The van der Waals surface area contributed by atoms with Crippen LogP contribution in [0.2, 0.25) is 0 Å². The lowest BCUT2D eigenvalue weighted by Gasteiger charge is -2.32. The van der Waals surface area contributed by atoms with Gasteiger partial charge in [0.2, 0.25) is 0 Å². The quantitative estimate of drug-likeness (QED) is 0.474. The third-order valence-corrected chi connectivity index (χ3v) is 6.54. The van der Waals surface area contributed by atoms with E-state index < -0.39 is 17.5 Å². The minimum absolute atomic E-state index is 0.0892. The van der Waals surface area contributed by atoms with Crippen molar-refractivity contribution in [3.05, 3.63) is 71.5 Å². The number of rotatable bonds is 4. The maximum absolute atomic E-state index is 13.9. The van der Waals surface area contributed by atoms with E-state index >= 15 is 0 Å². The molecule has 1 aliphatic carbocycles. The first-order valence-electron chi connectivity index (χ1n) is 10.4. The van der Waals surface area contributed by atoms with Crippen LogP contribution in [0, 0.1) is 23.4 Å². The van der Waals surface area contributed by atoms with E-state index in [4.69, 9.17) is 5.73 Å². The second kappa shape index (κ2) is 8.19. The molecule has 1 unspecified atom stereocenters. The molecule has 4 heteroatoms. The van der Waals surface area contributed by atoms with Crippen LogP contribution < -0.4 is 5.73 Å². The fourth-order valence-electron chi connectivity index (χ4n) is 4.65. The number of hydrogen-bond donors (Lipinski definition) is 1. The highest BCUT2D eigenvalue weighted by molar-refractivity contribution is 5.88. The molecule has 0 heterocycles. The van der Waals surface area contributed by atoms with E-state index in [1.54, 1.807) is 12.1 Å². The SMILES string of the molecule is CCC(N)C1CCC(c2ccc(-c3ccc4c(F)c(F)c(F)cc4c3)cc2)CC1. The van der Waals surface area contributed by atoms with E-state index in [0.717, 1.165) is 36.5 Å². The lowest BCUT2D eigenvalue weighted by Crippen LogP contribution is -2.32. The van der Waals surface area contributed by atoms with Crippen molar-refractivity contribution in [2.45, 2.75) is 51.0 Å². The molecule has 1 nitrogen and oxygen atoms in total. The van der Waals surface area contributed by atoms with Gasteiger partial charge in [-0.25, -0.2) is 13.2 Å². The van der Waals surface area contributed by atoms with Gasteiger partial charge < -0.3 is 5.73 Å². The van der Waals surface area contributed by atoms with Crippen LogP contribution in [0.1, 0.15) is 50.5 Å². The number of fused-ring (bicyclic) bond motifs is 1. The fraction of sp³-hybridized carbons (Fsp3) is 0.360. The summed E-state index contributed by atoms with van der Waals surface area (Å²) in [6, 6.07) is 14.7. The summed E-state index contributed by atoms with van der Waals surface area (Å²) in [7, 11) is 0. The molecule has 2 N–H and O–H groups in total. The molecule has 1 aliphatic rings. The molecule has 0 spiro atoms. The first-order chi connectivity index (χ1) is 14.0. The predicted molar refractivity (Wildman–Crippen MR) is 112 cm³/mol. The highest BCUT2D eigenvalue weighted by atomic mass is 19.2. The number of hydrogen-bond acceptors (Lipinski definition) is 1. The summed E-state index contributed by atoms with van der Waals surface area (Å²) in [4.78, 5) is 0. The topological polar surface area (TPSA) is 26.0 Å². The van der Waals surface area contributed by atoms with E-state index in [9.17, 15) is 13.2 Å². The van der Waals surface area contributed by atoms with Crippen molar-refractivity contribution in [2.24, 2.45) is 11.7 Å². The van der Waals surface area contributed by atoms with Gasteiger partial charge in [-0.3, -0.25) is 0 Å². The Morgan fingerprint density at radius 2 is 1.52 bits per heavy atom. The highest BCUT2D eigenvalue weighted by Gasteiger charge is 2.25. The van der Waals surface area contributed by atoms with E-state index in [1.807, 2.05) is 0 Å². The Morgan fingerprint density at radius 1 is 0.862 bits per heavy atom. The Balaban J connectivity index is 1.53. The second-order valence-corrected chi connectivity index (χ2v) is 8.23. The molecule has 0 aliphatic heterocycles. The first-order valence-corrected chi connectivity index (χ1v) is 10.4. The summed E-state index contributed by atoms with van der Waals surface area (Å²) in [5, 5.41) is 0.444. The van der Waals surface area contributed by atoms with Crippen LogP contribution in [0.5, 0.6) is 0 Å². The zero-order chi connectivity index (χ0) is 20.5. The van der Waals surface area contributed by atoms with E-state index in [1.165, 1.54) is 24.5 Å². The molecule has 1 saturated carbocycles. The first kappa shape index (κ1) is 20.0. The van der Waals surface area contributed by atoms with Gasteiger partial charge in [-0.2, -0.15) is 0 Å². The average molecular weight is 397 g/mol. The molecule has 0 saturated heterocycles. The van der Waals surface area contributed by atoms with Gasteiger partial charge in [-0.15, -0.1) is 0 Å². The predicted octanol–water partition coefficient (Wildman–Crippen LogP) is 6.94. The lowest BCUT2D eigenvalue weighted by molar-refractivity contribution is 0.277. The molecule has 3 aromatic rings. The largest absolute Gasteiger partial charge is 0.327 e. The molecule has 1 atom stereocenters. The van der Waals surface area contributed by atoms with Gasteiger partial charge >= 0.3 is 0 Å². The van der Waals surface area contributed by atoms with Gasteiger partial charge in [-0.1, -0.05) is 43.3 Å². The maximum atomic E-state index is 13.9. The summed E-state index contributed by atoms with van der Waals surface area (Å²) >= 11 is 0. The molecule has 4 rings (SSSR count). The molecule has 1 fully saturated rings. The van der Waals surface area contributed by atoms with Gasteiger partial charge in [0.05, 0.1) is 0 Å². The molecule has 3 aromatic carbocycles. The Kier molecular flexibility index (Phi) is 5.64. The Labute approximate surface area is 169 Å². The molecular weight excluding hydrogens is 371 g/mol. The number of halogens is 3. The number of nitrogens with two attached hydrogens (primary N) is 1. The monoisotopic (exact) mass is 397 g/mol. The van der Waals surface area contributed by atoms with Crippen molar-refractivity contribution >= 4 is 10.8 Å². The molecular formula is C25H26F3N. The Bertz CT molecular complexity index is 1000. The standard InChI is InChI=1S/C25H26F3N/c1-2-23(29)18-9-7-16(8-10-18)15-3-5-17(6-4-15)19-11-12-21-20(13-19)14-22(26)25(28)24(21)27/h3-6,11-14,16,18,23H,2,7-10,29H2,1H3. The highest BCUT2D eigenvalue weighted by Crippen LogP contribution is 2.38. The van der Waals surface area contributed by atoms with Gasteiger partial charge in [0.1, 0.15) is 0 Å². The summed E-state index contributed by atoms with van der Waals surface area (Å²) in [5.74, 6) is -2.53. The molecule has 0 bridgehead atoms. The average Bonchev–Trinajstić information content (AvgIpc) is 2.77.